The topological polar surface area (TPSA) is 20.3 Å². The van der Waals surface area contributed by atoms with E-state index in [0.717, 1.165) is 16.7 Å². The van der Waals surface area contributed by atoms with Crippen molar-refractivity contribution in [3.05, 3.63) is 78.0 Å². The third-order valence-corrected chi connectivity index (χ3v) is 3.18. The van der Waals surface area contributed by atoms with E-state index in [2.05, 4.69) is 0 Å². The van der Waals surface area contributed by atoms with E-state index < -0.39 is 0 Å². The maximum atomic E-state index is 11.8. The zero-order valence-corrected chi connectivity index (χ0v) is 11.9. The number of hydrogen-bond acceptors (Lipinski definition) is 1. The number of carbonyl (C=O) groups excluding carboxylic acids is 1. The fourth-order valence-electron chi connectivity index (χ4n) is 2.04. The number of nitrogens with zero attached hydrogens (tertiary/aromatic N) is 1. The standard InChI is InChI=1S/C18H19NO/c1-15(18-11-7-4-8-12-18)13-19(16(2)20)14-17-9-5-3-6-10-17/h3-13H,14H2,1-2H3/b15-13+. The molecule has 2 aromatic carbocycles. The first-order chi connectivity index (χ1) is 9.66. The van der Waals surface area contributed by atoms with Crippen molar-refractivity contribution >= 4 is 11.5 Å². The van der Waals surface area contributed by atoms with Crippen molar-refractivity contribution in [1.82, 2.24) is 4.90 Å². The van der Waals surface area contributed by atoms with Crippen LogP contribution in [-0.4, -0.2) is 10.8 Å². The lowest BCUT2D eigenvalue weighted by Gasteiger charge is -2.18. The van der Waals surface area contributed by atoms with E-state index in [-0.39, 0.29) is 5.91 Å². The molecule has 0 aromatic heterocycles. The predicted molar refractivity (Wildman–Crippen MR) is 82.8 cm³/mol. The van der Waals surface area contributed by atoms with Gasteiger partial charge >= 0.3 is 0 Å². The van der Waals surface area contributed by atoms with Crippen LogP contribution in [0.25, 0.3) is 5.57 Å². The van der Waals surface area contributed by atoms with Gasteiger partial charge in [-0.15, -0.1) is 0 Å². The number of benzene rings is 2. The van der Waals surface area contributed by atoms with Crippen molar-refractivity contribution in [3.8, 4) is 0 Å². The van der Waals surface area contributed by atoms with Gasteiger partial charge in [-0.05, 0) is 23.6 Å². The molecule has 0 N–H and O–H groups in total. The number of amides is 1. The first kappa shape index (κ1) is 14.1. The summed E-state index contributed by atoms with van der Waals surface area (Å²) >= 11 is 0. The summed E-state index contributed by atoms with van der Waals surface area (Å²) in [4.78, 5) is 13.5. The van der Waals surface area contributed by atoms with E-state index in [1.807, 2.05) is 73.8 Å². The van der Waals surface area contributed by atoms with Crippen LogP contribution in [0.2, 0.25) is 0 Å². The van der Waals surface area contributed by atoms with Crippen LogP contribution in [0.4, 0.5) is 0 Å². The molecule has 102 valence electrons. The molecule has 1 amide bonds. The molecule has 0 aliphatic rings. The fraction of sp³-hybridized carbons (Fsp3) is 0.167. The zero-order chi connectivity index (χ0) is 14.4. The molecular weight excluding hydrogens is 246 g/mol. The fourth-order valence-corrected chi connectivity index (χ4v) is 2.04. The van der Waals surface area contributed by atoms with Gasteiger partial charge in [0.25, 0.3) is 0 Å². The smallest absolute Gasteiger partial charge is 0.223 e. The number of carbonyl (C=O) groups is 1. The monoisotopic (exact) mass is 265 g/mol. The summed E-state index contributed by atoms with van der Waals surface area (Å²) in [5, 5.41) is 0. The van der Waals surface area contributed by atoms with Crippen LogP contribution >= 0.6 is 0 Å². The molecule has 2 heteroatoms. The molecule has 0 aliphatic heterocycles. The molecule has 2 rings (SSSR count). The van der Waals surface area contributed by atoms with Gasteiger partial charge in [-0.3, -0.25) is 4.79 Å². The van der Waals surface area contributed by atoms with Gasteiger partial charge in [-0.1, -0.05) is 60.7 Å². The van der Waals surface area contributed by atoms with E-state index in [1.54, 1.807) is 11.8 Å². The second-order valence-corrected chi connectivity index (χ2v) is 4.81. The molecule has 0 radical (unpaired) electrons. The zero-order valence-electron chi connectivity index (χ0n) is 11.9. The summed E-state index contributed by atoms with van der Waals surface area (Å²) in [5.41, 5.74) is 3.34. The normalized spacial score (nSPS) is 11.2. The van der Waals surface area contributed by atoms with Gasteiger partial charge in [0.05, 0.1) is 6.54 Å². The van der Waals surface area contributed by atoms with Gasteiger partial charge in [0, 0.05) is 13.1 Å². The van der Waals surface area contributed by atoms with Crippen LogP contribution in [0.15, 0.2) is 66.9 Å². The van der Waals surface area contributed by atoms with Crippen molar-refractivity contribution in [2.75, 3.05) is 0 Å². The van der Waals surface area contributed by atoms with Crippen molar-refractivity contribution in [2.45, 2.75) is 20.4 Å². The van der Waals surface area contributed by atoms with Crippen molar-refractivity contribution < 1.29 is 4.79 Å². The Morgan fingerprint density at radius 1 is 0.950 bits per heavy atom. The number of rotatable bonds is 4. The molecule has 0 spiro atoms. The van der Waals surface area contributed by atoms with Crippen LogP contribution in [0, 0.1) is 0 Å². The largest absolute Gasteiger partial charge is 0.315 e. The van der Waals surface area contributed by atoms with E-state index in [9.17, 15) is 4.79 Å². The minimum Gasteiger partial charge on any atom is -0.315 e. The van der Waals surface area contributed by atoms with Gasteiger partial charge < -0.3 is 4.90 Å². The summed E-state index contributed by atoms with van der Waals surface area (Å²) in [6.45, 7) is 4.22. The average Bonchev–Trinajstić information content (AvgIpc) is 2.48. The van der Waals surface area contributed by atoms with Crippen molar-refractivity contribution in [1.29, 1.82) is 0 Å². The van der Waals surface area contributed by atoms with Gasteiger partial charge in [0.15, 0.2) is 0 Å². The van der Waals surface area contributed by atoms with Gasteiger partial charge in [-0.2, -0.15) is 0 Å². The third kappa shape index (κ3) is 3.82. The third-order valence-electron chi connectivity index (χ3n) is 3.18. The molecule has 0 atom stereocenters. The second kappa shape index (κ2) is 6.71. The number of hydrogen-bond donors (Lipinski definition) is 0. The second-order valence-electron chi connectivity index (χ2n) is 4.81. The van der Waals surface area contributed by atoms with E-state index >= 15 is 0 Å². The Bertz CT molecular complexity index is 587. The maximum Gasteiger partial charge on any atom is 0.223 e. The van der Waals surface area contributed by atoms with Crippen LogP contribution in [-0.2, 0) is 11.3 Å². The lowest BCUT2D eigenvalue weighted by atomic mass is 10.1. The Kier molecular flexibility index (Phi) is 4.72. The van der Waals surface area contributed by atoms with E-state index in [0.29, 0.717) is 6.54 Å². The summed E-state index contributed by atoms with van der Waals surface area (Å²) < 4.78 is 0. The molecular formula is C18H19NO. The predicted octanol–water partition coefficient (Wildman–Crippen LogP) is 4.10. The molecule has 2 nitrogen and oxygen atoms in total. The van der Waals surface area contributed by atoms with Gasteiger partial charge in [0.2, 0.25) is 5.91 Å². The van der Waals surface area contributed by atoms with Gasteiger partial charge in [0.1, 0.15) is 0 Å². The molecule has 0 unspecified atom stereocenters. The number of allylic oxidation sites excluding steroid dienone is 1. The summed E-state index contributed by atoms with van der Waals surface area (Å²) in [6, 6.07) is 20.1. The highest BCUT2D eigenvalue weighted by atomic mass is 16.2. The van der Waals surface area contributed by atoms with Crippen LogP contribution in [0.1, 0.15) is 25.0 Å². The highest BCUT2D eigenvalue weighted by Gasteiger charge is 2.07. The lowest BCUT2D eigenvalue weighted by Crippen LogP contribution is -2.22. The molecule has 20 heavy (non-hydrogen) atoms. The van der Waals surface area contributed by atoms with E-state index in [1.165, 1.54) is 0 Å². The molecule has 0 bridgehead atoms. The van der Waals surface area contributed by atoms with Crippen LogP contribution in [0.5, 0.6) is 0 Å². The molecule has 0 fully saturated rings. The summed E-state index contributed by atoms with van der Waals surface area (Å²) in [7, 11) is 0. The van der Waals surface area contributed by atoms with Crippen LogP contribution < -0.4 is 0 Å². The molecule has 2 aromatic rings. The van der Waals surface area contributed by atoms with Crippen LogP contribution in [0.3, 0.4) is 0 Å². The average molecular weight is 265 g/mol. The molecule has 0 saturated carbocycles. The van der Waals surface area contributed by atoms with E-state index in [4.69, 9.17) is 0 Å². The minimum atomic E-state index is 0.0455. The maximum absolute atomic E-state index is 11.8. The quantitative estimate of drug-likeness (QED) is 0.815. The van der Waals surface area contributed by atoms with Crippen molar-refractivity contribution in [3.63, 3.8) is 0 Å². The highest BCUT2D eigenvalue weighted by Crippen LogP contribution is 2.15. The summed E-state index contributed by atoms with van der Waals surface area (Å²) in [6.07, 6.45) is 1.92. The molecule has 0 heterocycles. The lowest BCUT2D eigenvalue weighted by molar-refractivity contribution is -0.126. The SMILES string of the molecule is CC(=O)N(/C=C(\C)c1ccccc1)Cc1ccccc1. The summed E-state index contributed by atoms with van der Waals surface area (Å²) in [5.74, 6) is 0.0455. The van der Waals surface area contributed by atoms with Crippen molar-refractivity contribution in [2.24, 2.45) is 0 Å². The Morgan fingerprint density at radius 3 is 2.05 bits per heavy atom. The Morgan fingerprint density at radius 2 is 1.50 bits per heavy atom. The Labute approximate surface area is 120 Å². The molecule has 0 aliphatic carbocycles. The Hall–Kier alpha value is -2.35. The highest BCUT2D eigenvalue weighted by molar-refractivity contribution is 5.77. The first-order valence-electron chi connectivity index (χ1n) is 6.72. The first-order valence-corrected chi connectivity index (χ1v) is 6.72. The Balaban J connectivity index is 2.20. The van der Waals surface area contributed by atoms with Gasteiger partial charge in [-0.25, -0.2) is 0 Å². The molecule has 0 saturated heterocycles. The minimum absolute atomic E-state index is 0.0455.